The van der Waals surface area contributed by atoms with Gasteiger partial charge in [-0.05, 0) is 26.7 Å². The van der Waals surface area contributed by atoms with Gasteiger partial charge < -0.3 is 9.84 Å². The van der Waals surface area contributed by atoms with E-state index >= 15 is 0 Å². The highest BCUT2D eigenvalue weighted by Gasteiger charge is 2.48. The van der Waals surface area contributed by atoms with E-state index in [1.165, 1.54) is 6.92 Å². The predicted octanol–water partition coefficient (Wildman–Crippen LogP) is 2.00. The number of ketones is 1. The van der Waals surface area contributed by atoms with Crippen molar-refractivity contribution in [2.24, 2.45) is 5.41 Å². The minimum Gasteiger partial charge on any atom is -0.468 e. The SMILES string of the molecule is CCC1(CC)C(C(C)=O)=C(C)OC1O. The largest absolute Gasteiger partial charge is 0.468 e. The van der Waals surface area contributed by atoms with Gasteiger partial charge in [-0.1, -0.05) is 13.8 Å². The van der Waals surface area contributed by atoms with Gasteiger partial charge in [0.15, 0.2) is 5.78 Å². The Labute approximate surface area is 84.8 Å². The Morgan fingerprint density at radius 2 is 2.00 bits per heavy atom. The molecule has 80 valence electrons. The predicted molar refractivity (Wildman–Crippen MR) is 53.5 cm³/mol. The summed E-state index contributed by atoms with van der Waals surface area (Å²) >= 11 is 0. The van der Waals surface area contributed by atoms with Crippen LogP contribution in [0.15, 0.2) is 11.3 Å². The zero-order chi connectivity index (χ0) is 10.9. The number of rotatable bonds is 3. The molecule has 0 amide bonds. The molecule has 0 saturated heterocycles. The molecule has 1 N–H and O–H groups in total. The van der Waals surface area contributed by atoms with Gasteiger partial charge in [0.1, 0.15) is 5.76 Å². The Bertz CT molecular complexity index is 274. The number of hydrogen-bond donors (Lipinski definition) is 1. The number of hydrogen-bond acceptors (Lipinski definition) is 3. The Hall–Kier alpha value is -0.830. The van der Waals surface area contributed by atoms with Crippen LogP contribution in [0.4, 0.5) is 0 Å². The third-order valence-electron chi connectivity index (χ3n) is 3.22. The second-order valence-corrected chi connectivity index (χ2v) is 3.82. The lowest BCUT2D eigenvalue weighted by molar-refractivity contribution is -0.124. The first-order chi connectivity index (χ1) is 6.49. The number of aliphatic hydroxyl groups is 1. The van der Waals surface area contributed by atoms with Crippen LogP contribution in [-0.2, 0) is 9.53 Å². The highest BCUT2D eigenvalue weighted by Crippen LogP contribution is 2.46. The summed E-state index contributed by atoms with van der Waals surface area (Å²) in [6, 6.07) is 0. The lowest BCUT2D eigenvalue weighted by Crippen LogP contribution is -2.34. The van der Waals surface area contributed by atoms with E-state index in [1.54, 1.807) is 6.92 Å². The van der Waals surface area contributed by atoms with E-state index < -0.39 is 11.7 Å². The summed E-state index contributed by atoms with van der Waals surface area (Å²) in [5.41, 5.74) is 0.172. The fourth-order valence-electron chi connectivity index (χ4n) is 2.36. The summed E-state index contributed by atoms with van der Waals surface area (Å²) in [6.45, 7) is 7.21. The molecule has 1 aliphatic heterocycles. The molecule has 0 saturated carbocycles. The fourth-order valence-corrected chi connectivity index (χ4v) is 2.36. The molecular weight excluding hydrogens is 180 g/mol. The zero-order valence-electron chi connectivity index (χ0n) is 9.26. The Morgan fingerprint density at radius 1 is 1.50 bits per heavy atom. The second-order valence-electron chi connectivity index (χ2n) is 3.82. The van der Waals surface area contributed by atoms with Crippen LogP contribution in [0.2, 0.25) is 0 Å². The monoisotopic (exact) mass is 198 g/mol. The van der Waals surface area contributed by atoms with Crippen molar-refractivity contribution in [3.8, 4) is 0 Å². The molecule has 3 heteroatoms. The number of aliphatic hydroxyl groups excluding tert-OH is 1. The Morgan fingerprint density at radius 3 is 2.29 bits per heavy atom. The maximum Gasteiger partial charge on any atom is 0.206 e. The second kappa shape index (κ2) is 3.73. The molecule has 0 aliphatic carbocycles. The first-order valence-corrected chi connectivity index (χ1v) is 5.06. The Kier molecular flexibility index (Phi) is 3.00. The first-order valence-electron chi connectivity index (χ1n) is 5.06. The molecule has 0 spiro atoms. The van der Waals surface area contributed by atoms with Crippen LogP contribution in [0, 0.1) is 5.41 Å². The standard InChI is InChI=1S/C11H18O3/c1-5-11(6-2)9(7(3)12)8(4)14-10(11)13/h10,13H,5-6H2,1-4H3. The fraction of sp³-hybridized carbons (Fsp3) is 0.727. The summed E-state index contributed by atoms with van der Waals surface area (Å²) in [5, 5.41) is 9.81. The molecule has 1 heterocycles. The van der Waals surface area contributed by atoms with Gasteiger partial charge in [-0.15, -0.1) is 0 Å². The van der Waals surface area contributed by atoms with Gasteiger partial charge in [-0.25, -0.2) is 0 Å². The molecule has 1 aliphatic rings. The highest BCUT2D eigenvalue weighted by atomic mass is 16.6. The minimum atomic E-state index is -0.864. The van der Waals surface area contributed by atoms with Gasteiger partial charge in [0.05, 0.1) is 5.41 Å². The van der Waals surface area contributed by atoms with Crippen LogP contribution in [0.25, 0.3) is 0 Å². The third kappa shape index (κ3) is 1.36. The van der Waals surface area contributed by atoms with Gasteiger partial charge in [0.2, 0.25) is 6.29 Å². The molecule has 0 aromatic carbocycles. The molecule has 14 heavy (non-hydrogen) atoms. The maximum absolute atomic E-state index is 11.5. The molecule has 0 aromatic heterocycles. The minimum absolute atomic E-state index is 0.00255. The van der Waals surface area contributed by atoms with E-state index in [2.05, 4.69) is 0 Å². The lowest BCUT2D eigenvalue weighted by atomic mass is 9.74. The molecular formula is C11H18O3. The quantitative estimate of drug-likeness (QED) is 0.754. The molecule has 0 aromatic rings. The molecule has 0 bridgehead atoms. The number of Topliss-reactive ketones (excluding diaryl/α,β-unsaturated/α-hetero) is 1. The summed E-state index contributed by atoms with van der Waals surface area (Å²) in [7, 11) is 0. The van der Waals surface area contributed by atoms with Crippen molar-refractivity contribution in [2.75, 3.05) is 0 Å². The van der Waals surface area contributed by atoms with E-state index in [1.807, 2.05) is 13.8 Å². The van der Waals surface area contributed by atoms with Crippen molar-refractivity contribution >= 4 is 5.78 Å². The van der Waals surface area contributed by atoms with Gasteiger partial charge in [-0.2, -0.15) is 0 Å². The van der Waals surface area contributed by atoms with Crippen molar-refractivity contribution < 1.29 is 14.6 Å². The van der Waals surface area contributed by atoms with Crippen LogP contribution in [-0.4, -0.2) is 17.2 Å². The number of ether oxygens (including phenoxy) is 1. The van der Waals surface area contributed by atoms with E-state index in [9.17, 15) is 9.90 Å². The van der Waals surface area contributed by atoms with Crippen molar-refractivity contribution in [2.45, 2.75) is 46.8 Å². The number of carbonyl (C=O) groups is 1. The van der Waals surface area contributed by atoms with Crippen molar-refractivity contribution in [3.05, 3.63) is 11.3 Å². The van der Waals surface area contributed by atoms with Gasteiger partial charge in [0.25, 0.3) is 0 Å². The van der Waals surface area contributed by atoms with E-state index in [4.69, 9.17) is 4.74 Å². The smallest absolute Gasteiger partial charge is 0.206 e. The molecule has 0 radical (unpaired) electrons. The van der Waals surface area contributed by atoms with Crippen LogP contribution in [0.1, 0.15) is 40.5 Å². The molecule has 1 atom stereocenters. The molecule has 1 rings (SSSR count). The van der Waals surface area contributed by atoms with Crippen LogP contribution < -0.4 is 0 Å². The van der Waals surface area contributed by atoms with Crippen LogP contribution >= 0.6 is 0 Å². The molecule has 0 fully saturated rings. The summed E-state index contributed by atoms with van der Waals surface area (Å²) < 4.78 is 5.25. The average Bonchev–Trinajstić information content (AvgIpc) is 2.37. The molecule has 1 unspecified atom stereocenters. The zero-order valence-corrected chi connectivity index (χ0v) is 9.26. The highest BCUT2D eigenvalue weighted by molar-refractivity contribution is 5.95. The Balaban J connectivity index is 3.20. The van der Waals surface area contributed by atoms with Gasteiger partial charge in [-0.3, -0.25) is 4.79 Å². The van der Waals surface area contributed by atoms with Crippen LogP contribution in [0.5, 0.6) is 0 Å². The first kappa shape index (κ1) is 11.2. The maximum atomic E-state index is 11.5. The molecule has 3 nitrogen and oxygen atoms in total. The average molecular weight is 198 g/mol. The van der Waals surface area contributed by atoms with E-state index in [0.29, 0.717) is 11.3 Å². The summed E-state index contributed by atoms with van der Waals surface area (Å²) in [5.74, 6) is 0.580. The van der Waals surface area contributed by atoms with E-state index in [-0.39, 0.29) is 5.78 Å². The van der Waals surface area contributed by atoms with Crippen molar-refractivity contribution in [1.29, 1.82) is 0 Å². The van der Waals surface area contributed by atoms with Gasteiger partial charge >= 0.3 is 0 Å². The van der Waals surface area contributed by atoms with E-state index in [0.717, 1.165) is 12.8 Å². The summed E-state index contributed by atoms with van der Waals surface area (Å²) in [4.78, 5) is 11.5. The topological polar surface area (TPSA) is 46.5 Å². The normalized spacial score (nSPS) is 25.1. The van der Waals surface area contributed by atoms with Crippen molar-refractivity contribution in [3.63, 3.8) is 0 Å². The lowest BCUT2D eigenvalue weighted by Gasteiger charge is -2.30. The number of allylic oxidation sites excluding steroid dienone is 1. The van der Waals surface area contributed by atoms with Crippen LogP contribution in [0.3, 0.4) is 0 Å². The third-order valence-corrected chi connectivity index (χ3v) is 3.22. The number of carbonyl (C=O) groups excluding carboxylic acids is 1. The van der Waals surface area contributed by atoms with Crippen molar-refractivity contribution in [1.82, 2.24) is 0 Å². The van der Waals surface area contributed by atoms with Gasteiger partial charge in [0, 0.05) is 5.57 Å². The summed E-state index contributed by atoms with van der Waals surface area (Å²) in [6.07, 6.45) is 0.574.